The Labute approximate surface area is 131 Å². The summed E-state index contributed by atoms with van der Waals surface area (Å²) < 4.78 is 1.60. The molecular weight excluding hydrogens is 296 g/mol. The fraction of sp³-hybridized carbons (Fsp3) is 0.312. The molecule has 1 spiro atoms. The number of aromatic amines is 1. The molecule has 0 bridgehead atoms. The van der Waals surface area contributed by atoms with Gasteiger partial charge in [-0.05, 0) is 25.5 Å². The molecule has 2 aromatic rings. The SMILES string of the molecule is CC(C)n1[nH]c(=O)c2c1NC(=O)CC21C(=O)Nc2ccccc21. The van der Waals surface area contributed by atoms with Crippen LogP contribution in [-0.4, -0.2) is 21.6 Å². The number of H-pyrrole nitrogens is 1. The lowest BCUT2D eigenvalue weighted by Crippen LogP contribution is -2.46. The Morgan fingerprint density at radius 1 is 1.13 bits per heavy atom. The molecule has 118 valence electrons. The zero-order valence-corrected chi connectivity index (χ0v) is 12.8. The predicted octanol–water partition coefficient (Wildman–Crippen LogP) is 1.34. The number of aromatic nitrogens is 2. The summed E-state index contributed by atoms with van der Waals surface area (Å²) in [6, 6.07) is 7.14. The number of nitrogens with one attached hydrogen (secondary N) is 3. The summed E-state index contributed by atoms with van der Waals surface area (Å²) in [6.07, 6.45) is -0.0754. The molecule has 2 aliphatic rings. The minimum atomic E-state index is -1.26. The first-order valence-corrected chi connectivity index (χ1v) is 7.51. The van der Waals surface area contributed by atoms with Gasteiger partial charge in [-0.15, -0.1) is 0 Å². The van der Waals surface area contributed by atoms with Gasteiger partial charge in [0.1, 0.15) is 11.2 Å². The number of benzene rings is 1. The van der Waals surface area contributed by atoms with Crippen LogP contribution in [0.5, 0.6) is 0 Å². The van der Waals surface area contributed by atoms with Gasteiger partial charge < -0.3 is 10.6 Å². The van der Waals surface area contributed by atoms with Crippen LogP contribution in [0.2, 0.25) is 0 Å². The van der Waals surface area contributed by atoms with Crippen molar-refractivity contribution >= 4 is 23.3 Å². The van der Waals surface area contributed by atoms with E-state index in [1.807, 2.05) is 19.9 Å². The highest BCUT2D eigenvalue weighted by Gasteiger charge is 2.55. The van der Waals surface area contributed by atoms with Crippen LogP contribution in [0.4, 0.5) is 11.5 Å². The van der Waals surface area contributed by atoms with Crippen LogP contribution < -0.4 is 16.2 Å². The minimum Gasteiger partial charge on any atom is -0.325 e. The maximum absolute atomic E-state index is 12.8. The number of anilines is 2. The molecule has 0 saturated heterocycles. The second-order valence-electron chi connectivity index (χ2n) is 6.26. The van der Waals surface area contributed by atoms with E-state index in [1.54, 1.807) is 22.9 Å². The Kier molecular flexibility index (Phi) is 2.61. The normalized spacial score (nSPS) is 22.0. The highest BCUT2D eigenvalue weighted by molar-refractivity contribution is 6.14. The number of nitrogens with zero attached hydrogens (tertiary/aromatic N) is 1. The van der Waals surface area contributed by atoms with Gasteiger partial charge in [0.2, 0.25) is 11.8 Å². The molecule has 1 atom stereocenters. The van der Waals surface area contributed by atoms with Crippen molar-refractivity contribution in [3.8, 4) is 0 Å². The predicted molar refractivity (Wildman–Crippen MR) is 84.5 cm³/mol. The maximum atomic E-state index is 12.8. The van der Waals surface area contributed by atoms with E-state index in [0.717, 1.165) is 0 Å². The molecule has 1 unspecified atom stereocenters. The molecule has 23 heavy (non-hydrogen) atoms. The lowest BCUT2D eigenvalue weighted by Gasteiger charge is -2.31. The smallest absolute Gasteiger partial charge is 0.270 e. The van der Waals surface area contributed by atoms with Crippen LogP contribution in [-0.2, 0) is 15.0 Å². The van der Waals surface area contributed by atoms with E-state index in [4.69, 9.17) is 0 Å². The third-order valence-corrected chi connectivity index (χ3v) is 4.58. The molecule has 1 aromatic heterocycles. The molecule has 7 nitrogen and oxygen atoms in total. The van der Waals surface area contributed by atoms with E-state index in [2.05, 4.69) is 15.7 Å². The fourth-order valence-corrected chi connectivity index (χ4v) is 3.60. The fourth-order valence-electron chi connectivity index (χ4n) is 3.60. The number of fused-ring (bicyclic) bond motifs is 4. The van der Waals surface area contributed by atoms with E-state index < -0.39 is 5.41 Å². The number of carbonyl (C=O) groups excluding carboxylic acids is 2. The van der Waals surface area contributed by atoms with Gasteiger partial charge in [0.25, 0.3) is 5.56 Å². The van der Waals surface area contributed by atoms with Crippen molar-refractivity contribution in [1.82, 2.24) is 9.78 Å². The zero-order valence-electron chi connectivity index (χ0n) is 12.8. The highest BCUT2D eigenvalue weighted by atomic mass is 16.2. The standard InChI is InChI=1S/C16H16N4O3/c1-8(2)20-13-12(14(22)19-20)16(7-11(21)18-13)9-5-3-4-6-10(9)17-15(16)23/h3-6,8H,7H2,1-2H3,(H,17,23)(H,18,21)(H,19,22). The van der Waals surface area contributed by atoms with Crippen molar-refractivity contribution in [2.75, 3.05) is 10.6 Å². The maximum Gasteiger partial charge on any atom is 0.270 e. The molecule has 3 heterocycles. The van der Waals surface area contributed by atoms with E-state index in [0.29, 0.717) is 22.6 Å². The quantitative estimate of drug-likeness (QED) is 0.741. The summed E-state index contributed by atoms with van der Waals surface area (Å²) in [6.45, 7) is 3.79. The molecule has 0 fully saturated rings. The van der Waals surface area contributed by atoms with Crippen LogP contribution >= 0.6 is 0 Å². The van der Waals surface area contributed by atoms with Crippen molar-refractivity contribution in [2.24, 2.45) is 0 Å². The second-order valence-corrected chi connectivity index (χ2v) is 6.26. The van der Waals surface area contributed by atoms with Gasteiger partial charge in [-0.2, -0.15) is 0 Å². The Bertz CT molecular complexity index is 908. The molecule has 2 aliphatic heterocycles. The minimum absolute atomic E-state index is 0.0541. The molecule has 3 N–H and O–H groups in total. The first-order valence-electron chi connectivity index (χ1n) is 7.51. The lowest BCUT2D eigenvalue weighted by atomic mass is 9.71. The Morgan fingerprint density at radius 3 is 2.61 bits per heavy atom. The van der Waals surface area contributed by atoms with Crippen LogP contribution in [0.25, 0.3) is 0 Å². The van der Waals surface area contributed by atoms with Crippen molar-refractivity contribution < 1.29 is 9.59 Å². The van der Waals surface area contributed by atoms with Gasteiger partial charge in [-0.3, -0.25) is 24.2 Å². The largest absolute Gasteiger partial charge is 0.325 e. The number of carbonyl (C=O) groups is 2. The number of para-hydroxylation sites is 1. The van der Waals surface area contributed by atoms with E-state index in [-0.39, 0.29) is 29.8 Å². The van der Waals surface area contributed by atoms with Crippen LogP contribution in [0, 0.1) is 0 Å². The van der Waals surface area contributed by atoms with Crippen LogP contribution in [0.15, 0.2) is 29.1 Å². The average molecular weight is 312 g/mol. The van der Waals surface area contributed by atoms with Gasteiger partial charge in [-0.1, -0.05) is 18.2 Å². The first kappa shape index (κ1) is 13.8. The van der Waals surface area contributed by atoms with E-state index in [1.165, 1.54) is 0 Å². The summed E-state index contributed by atoms with van der Waals surface area (Å²) in [4.78, 5) is 37.7. The Morgan fingerprint density at radius 2 is 1.87 bits per heavy atom. The highest BCUT2D eigenvalue weighted by Crippen LogP contribution is 2.48. The summed E-state index contributed by atoms with van der Waals surface area (Å²) in [7, 11) is 0. The van der Waals surface area contributed by atoms with Crippen molar-refractivity contribution in [1.29, 1.82) is 0 Å². The van der Waals surface area contributed by atoms with Crippen molar-refractivity contribution in [3.05, 3.63) is 45.7 Å². The molecule has 4 rings (SSSR count). The molecule has 0 aliphatic carbocycles. The van der Waals surface area contributed by atoms with E-state index in [9.17, 15) is 14.4 Å². The number of amides is 2. The van der Waals surface area contributed by atoms with E-state index >= 15 is 0 Å². The van der Waals surface area contributed by atoms with Gasteiger partial charge in [-0.25, -0.2) is 0 Å². The van der Waals surface area contributed by atoms with Gasteiger partial charge in [0.15, 0.2) is 0 Å². The van der Waals surface area contributed by atoms with Crippen molar-refractivity contribution in [2.45, 2.75) is 31.7 Å². The molecule has 1 aromatic carbocycles. The molecule has 0 radical (unpaired) electrons. The van der Waals surface area contributed by atoms with Gasteiger partial charge in [0.05, 0.1) is 12.0 Å². The molecule has 0 saturated carbocycles. The lowest BCUT2D eigenvalue weighted by molar-refractivity contribution is -0.125. The van der Waals surface area contributed by atoms with Gasteiger partial charge in [0, 0.05) is 11.7 Å². The summed E-state index contributed by atoms with van der Waals surface area (Å²) in [5.41, 5.74) is 0.0267. The second kappa shape index (κ2) is 4.34. The summed E-state index contributed by atoms with van der Waals surface area (Å²) >= 11 is 0. The molecule has 2 amide bonds. The third-order valence-electron chi connectivity index (χ3n) is 4.58. The van der Waals surface area contributed by atoms with Crippen LogP contribution in [0.1, 0.15) is 37.4 Å². The van der Waals surface area contributed by atoms with Crippen molar-refractivity contribution in [3.63, 3.8) is 0 Å². The van der Waals surface area contributed by atoms with Crippen LogP contribution in [0.3, 0.4) is 0 Å². The summed E-state index contributed by atoms with van der Waals surface area (Å²) in [5, 5.41) is 8.29. The molecule has 7 heteroatoms. The average Bonchev–Trinajstić information content (AvgIpc) is 2.96. The zero-order chi connectivity index (χ0) is 16.4. The number of hydrogen-bond donors (Lipinski definition) is 3. The monoisotopic (exact) mass is 312 g/mol. The topological polar surface area (TPSA) is 96.0 Å². The number of rotatable bonds is 1. The third kappa shape index (κ3) is 1.61. The Balaban J connectivity index is 2.09. The first-order chi connectivity index (χ1) is 10.9. The molecular formula is C16H16N4O3. The van der Waals surface area contributed by atoms with Gasteiger partial charge >= 0.3 is 0 Å². The Hall–Kier alpha value is -2.83. The summed E-state index contributed by atoms with van der Waals surface area (Å²) in [5.74, 6) is -0.229. The number of hydrogen-bond acceptors (Lipinski definition) is 3.